The fourth-order valence-electron chi connectivity index (χ4n) is 2.47. The molecular formula is C18H24N2OS. The molecule has 0 bridgehead atoms. The van der Waals surface area contributed by atoms with Gasteiger partial charge in [-0.1, -0.05) is 38.1 Å². The number of hydrogen-bond donors (Lipinski definition) is 1. The zero-order valence-electron chi connectivity index (χ0n) is 13.6. The Balaban J connectivity index is 1.85. The van der Waals surface area contributed by atoms with Crippen LogP contribution in [0.1, 0.15) is 37.3 Å². The van der Waals surface area contributed by atoms with E-state index in [1.165, 1.54) is 5.56 Å². The number of aromatic nitrogens is 1. The fraction of sp³-hybridized carbons (Fsp3) is 0.444. The largest absolute Gasteiger partial charge is 0.356 e. The maximum Gasteiger partial charge on any atom is 0.223 e. The number of nitrogens with zero attached hydrogens (tertiary/aromatic N) is 1. The third-order valence-corrected chi connectivity index (χ3v) is 4.71. The first-order chi connectivity index (χ1) is 10.6. The Bertz CT molecular complexity index is 600. The summed E-state index contributed by atoms with van der Waals surface area (Å²) >= 11 is 1.67. The summed E-state index contributed by atoms with van der Waals surface area (Å²) in [6, 6.07) is 8.44. The van der Waals surface area contributed by atoms with Crippen molar-refractivity contribution >= 4 is 17.2 Å². The molecule has 4 heteroatoms. The van der Waals surface area contributed by atoms with Gasteiger partial charge in [-0.3, -0.25) is 4.79 Å². The van der Waals surface area contributed by atoms with Crippen molar-refractivity contribution in [3.05, 3.63) is 40.2 Å². The van der Waals surface area contributed by atoms with Gasteiger partial charge in [0.1, 0.15) is 0 Å². The lowest BCUT2D eigenvalue weighted by molar-refractivity contribution is -0.125. The average molecular weight is 316 g/mol. The van der Waals surface area contributed by atoms with E-state index < -0.39 is 0 Å². The van der Waals surface area contributed by atoms with Gasteiger partial charge in [0.2, 0.25) is 5.91 Å². The standard InChI is InChI=1S/C18H24N2OS/c1-4-15(5-2)18(21)19-11-10-14-6-8-16(9-7-14)17-12-22-13(3)20-17/h6-9,12,15H,4-5,10-11H2,1-3H3,(H,19,21). The van der Waals surface area contributed by atoms with Crippen molar-refractivity contribution < 1.29 is 4.79 Å². The molecule has 3 nitrogen and oxygen atoms in total. The van der Waals surface area contributed by atoms with Crippen molar-refractivity contribution in [2.75, 3.05) is 6.54 Å². The minimum Gasteiger partial charge on any atom is -0.356 e. The number of amides is 1. The van der Waals surface area contributed by atoms with E-state index >= 15 is 0 Å². The van der Waals surface area contributed by atoms with Gasteiger partial charge in [-0.15, -0.1) is 11.3 Å². The van der Waals surface area contributed by atoms with Gasteiger partial charge < -0.3 is 5.32 Å². The van der Waals surface area contributed by atoms with Gasteiger partial charge in [0.05, 0.1) is 10.7 Å². The van der Waals surface area contributed by atoms with Crippen molar-refractivity contribution in [2.24, 2.45) is 5.92 Å². The quantitative estimate of drug-likeness (QED) is 0.831. The lowest BCUT2D eigenvalue weighted by Crippen LogP contribution is -2.31. The van der Waals surface area contributed by atoms with Crippen molar-refractivity contribution in [1.29, 1.82) is 0 Å². The number of carbonyl (C=O) groups is 1. The average Bonchev–Trinajstić information content (AvgIpc) is 2.96. The SMILES string of the molecule is CCC(CC)C(=O)NCCc1ccc(-c2csc(C)n2)cc1. The molecule has 2 aromatic rings. The van der Waals surface area contributed by atoms with Gasteiger partial charge in [-0.25, -0.2) is 4.98 Å². The Labute approximate surface area is 136 Å². The fourth-order valence-corrected chi connectivity index (χ4v) is 3.09. The molecule has 0 saturated carbocycles. The summed E-state index contributed by atoms with van der Waals surface area (Å²) in [5.41, 5.74) is 3.42. The Kier molecular flexibility index (Phi) is 6.13. The Morgan fingerprint density at radius 1 is 1.23 bits per heavy atom. The highest BCUT2D eigenvalue weighted by Crippen LogP contribution is 2.21. The smallest absolute Gasteiger partial charge is 0.223 e. The Hall–Kier alpha value is -1.68. The van der Waals surface area contributed by atoms with E-state index in [4.69, 9.17) is 0 Å². The number of aryl methyl sites for hydroxylation is 1. The van der Waals surface area contributed by atoms with Crippen LogP contribution in [0.25, 0.3) is 11.3 Å². The highest BCUT2D eigenvalue weighted by atomic mass is 32.1. The molecule has 0 aliphatic carbocycles. The van der Waals surface area contributed by atoms with Crippen LogP contribution in [0, 0.1) is 12.8 Å². The van der Waals surface area contributed by atoms with Crippen LogP contribution < -0.4 is 5.32 Å². The molecule has 0 atom stereocenters. The molecule has 1 heterocycles. The van der Waals surface area contributed by atoms with Crippen LogP contribution in [0.5, 0.6) is 0 Å². The summed E-state index contributed by atoms with van der Waals surface area (Å²) in [5, 5.41) is 6.20. The van der Waals surface area contributed by atoms with Crippen LogP contribution >= 0.6 is 11.3 Å². The molecular weight excluding hydrogens is 292 g/mol. The zero-order valence-corrected chi connectivity index (χ0v) is 14.4. The summed E-state index contributed by atoms with van der Waals surface area (Å²) in [5.74, 6) is 0.329. The molecule has 1 aromatic carbocycles. The third kappa shape index (κ3) is 4.41. The molecule has 0 saturated heterocycles. The van der Waals surface area contributed by atoms with E-state index in [0.29, 0.717) is 6.54 Å². The molecule has 22 heavy (non-hydrogen) atoms. The van der Waals surface area contributed by atoms with Gasteiger partial charge in [0, 0.05) is 23.4 Å². The first kappa shape index (κ1) is 16.7. The number of nitrogens with one attached hydrogen (secondary N) is 1. The number of thiazole rings is 1. The summed E-state index contributed by atoms with van der Waals surface area (Å²) in [4.78, 5) is 16.4. The van der Waals surface area contributed by atoms with E-state index in [-0.39, 0.29) is 11.8 Å². The Morgan fingerprint density at radius 2 is 1.91 bits per heavy atom. The zero-order chi connectivity index (χ0) is 15.9. The maximum atomic E-state index is 11.9. The predicted molar refractivity (Wildman–Crippen MR) is 93.1 cm³/mol. The summed E-state index contributed by atoms with van der Waals surface area (Å²) < 4.78 is 0. The molecule has 0 radical (unpaired) electrons. The number of hydrogen-bond acceptors (Lipinski definition) is 3. The van der Waals surface area contributed by atoms with Crippen molar-refractivity contribution in [2.45, 2.75) is 40.0 Å². The summed E-state index contributed by atoms with van der Waals surface area (Å²) in [6.45, 7) is 6.84. The first-order valence-electron chi connectivity index (χ1n) is 7.93. The van der Waals surface area contributed by atoms with Crippen LogP contribution in [-0.2, 0) is 11.2 Å². The lowest BCUT2D eigenvalue weighted by Gasteiger charge is -2.12. The molecule has 1 aromatic heterocycles. The molecule has 118 valence electrons. The maximum absolute atomic E-state index is 11.9. The molecule has 2 rings (SSSR count). The van der Waals surface area contributed by atoms with E-state index in [0.717, 1.165) is 35.5 Å². The molecule has 0 unspecified atom stereocenters. The van der Waals surface area contributed by atoms with Crippen LogP contribution in [-0.4, -0.2) is 17.4 Å². The second kappa shape index (κ2) is 8.08. The number of rotatable bonds is 7. The topological polar surface area (TPSA) is 42.0 Å². The number of carbonyl (C=O) groups excluding carboxylic acids is 1. The molecule has 0 aliphatic rings. The lowest BCUT2D eigenvalue weighted by atomic mass is 10.0. The minimum absolute atomic E-state index is 0.148. The summed E-state index contributed by atoms with van der Waals surface area (Å²) in [6.07, 6.45) is 2.68. The van der Waals surface area contributed by atoms with E-state index in [1.54, 1.807) is 11.3 Å². The second-order valence-corrected chi connectivity index (χ2v) is 6.57. The van der Waals surface area contributed by atoms with Crippen LogP contribution in [0.2, 0.25) is 0 Å². The van der Waals surface area contributed by atoms with Crippen molar-refractivity contribution in [3.63, 3.8) is 0 Å². The number of benzene rings is 1. The van der Waals surface area contributed by atoms with Crippen LogP contribution in [0.15, 0.2) is 29.6 Å². The third-order valence-electron chi connectivity index (χ3n) is 3.94. The van der Waals surface area contributed by atoms with Crippen LogP contribution in [0.4, 0.5) is 0 Å². The highest BCUT2D eigenvalue weighted by molar-refractivity contribution is 7.09. The van der Waals surface area contributed by atoms with E-state index in [2.05, 4.69) is 53.8 Å². The van der Waals surface area contributed by atoms with E-state index in [9.17, 15) is 4.79 Å². The van der Waals surface area contributed by atoms with Gasteiger partial charge >= 0.3 is 0 Å². The Morgan fingerprint density at radius 3 is 2.45 bits per heavy atom. The highest BCUT2D eigenvalue weighted by Gasteiger charge is 2.12. The molecule has 1 amide bonds. The van der Waals surface area contributed by atoms with Gasteiger partial charge in [-0.05, 0) is 31.7 Å². The van der Waals surface area contributed by atoms with Crippen molar-refractivity contribution in [1.82, 2.24) is 10.3 Å². The molecule has 0 fully saturated rings. The van der Waals surface area contributed by atoms with Gasteiger partial charge in [0.15, 0.2) is 0 Å². The predicted octanol–water partition coefficient (Wildman–Crippen LogP) is 4.21. The van der Waals surface area contributed by atoms with Crippen LogP contribution in [0.3, 0.4) is 0 Å². The normalized spacial score (nSPS) is 10.9. The first-order valence-corrected chi connectivity index (χ1v) is 8.81. The van der Waals surface area contributed by atoms with Gasteiger partial charge in [-0.2, -0.15) is 0 Å². The summed E-state index contributed by atoms with van der Waals surface area (Å²) in [7, 11) is 0. The van der Waals surface area contributed by atoms with E-state index in [1.807, 2.05) is 6.92 Å². The molecule has 0 aliphatic heterocycles. The minimum atomic E-state index is 0.148. The van der Waals surface area contributed by atoms with Gasteiger partial charge in [0.25, 0.3) is 0 Å². The second-order valence-electron chi connectivity index (χ2n) is 5.50. The molecule has 0 spiro atoms. The van der Waals surface area contributed by atoms with Crippen molar-refractivity contribution in [3.8, 4) is 11.3 Å². The monoisotopic (exact) mass is 316 g/mol. The molecule has 1 N–H and O–H groups in total.